The number of oxazole rings is 1. The fourth-order valence-corrected chi connectivity index (χ4v) is 1.04. The molecule has 0 unspecified atom stereocenters. The molecule has 0 saturated carbocycles. The minimum atomic E-state index is -3.26. The van der Waals surface area contributed by atoms with Crippen LogP contribution in [-0.2, 0) is 9.84 Å². The quantitative estimate of drug-likeness (QED) is 0.597. The van der Waals surface area contributed by atoms with E-state index in [2.05, 4.69) is 9.40 Å². The van der Waals surface area contributed by atoms with Gasteiger partial charge in [-0.3, -0.25) is 0 Å². The van der Waals surface area contributed by atoms with Gasteiger partial charge in [0.25, 0.3) is 0 Å². The average molecular weight is 161 g/mol. The second-order valence-electron chi connectivity index (χ2n) is 2.03. The molecule has 0 bridgehead atoms. The normalized spacial score (nSPS) is 11.8. The average Bonchev–Trinajstić information content (AvgIpc) is 2.11. The Balaban J connectivity index is 3.21. The first-order chi connectivity index (χ1) is 4.50. The van der Waals surface area contributed by atoms with Crippen LogP contribution in [-0.4, -0.2) is 19.7 Å². The van der Waals surface area contributed by atoms with E-state index >= 15 is 0 Å². The van der Waals surface area contributed by atoms with Crippen LogP contribution in [0.5, 0.6) is 0 Å². The molecule has 4 nitrogen and oxygen atoms in total. The zero-order valence-corrected chi connectivity index (χ0v) is 6.47. The lowest BCUT2D eigenvalue weighted by Gasteiger charge is -1.84. The molecule has 0 amide bonds. The van der Waals surface area contributed by atoms with Crippen molar-refractivity contribution >= 4 is 9.84 Å². The van der Waals surface area contributed by atoms with Gasteiger partial charge < -0.3 is 4.42 Å². The molecule has 0 aromatic carbocycles. The molecule has 0 spiro atoms. The Kier molecular flexibility index (Phi) is 1.52. The zero-order valence-electron chi connectivity index (χ0n) is 5.66. The van der Waals surface area contributed by atoms with Gasteiger partial charge in [0.2, 0.25) is 9.84 Å². The standard InChI is InChI=1S/C5H7NO3S/c1-4-3-9-5(6-4)10(2,7)8/h3H,1-2H3. The molecule has 1 aromatic rings. The minimum absolute atomic E-state index is 0.218. The predicted octanol–water partition coefficient (Wildman–Crippen LogP) is 0.387. The Hall–Kier alpha value is -0.840. The second kappa shape index (κ2) is 2.09. The van der Waals surface area contributed by atoms with E-state index < -0.39 is 9.84 Å². The third-order valence-corrected chi connectivity index (χ3v) is 1.74. The molecule has 0 aliphatic carbocycles. The van der Waals surface area contributed by atoms with Gasteiger partial charge >= 0.3 is 5.22 Å². The molecular formula is C5H7NO3S. The van der Waals surface area contributed by atoms with Crippen molar-refractivity contribution in [2.75, 3.05) is 6.26 Å². The lowest BCUT2D eigenvalue weighted by molar-refractivity contribution is 0.432. The van der Waals surface area contributed by atoms with Crippen LogP contribution in [0.15, 0.2) is 15.9 Å². The third-order valence-electron chi connectivity index (χ3n) is 0.915. The Morgan fingerprint density at radius 2 is 2.20 bits per heavy atom. The van der Waals surface area contributed by atoms with Crippen molar-refractivity contribution in [2.45, 2.75) is 12.1 Å². The first kappa shape index (κ1) is 7.27. The van der Waals surface area contributed by atoms with Crippen LogP contribution in [0, 0.1) is 6.92 Å². The number of hydrogen-bond acceptors (Lipinski definition) is 4. The molecule has 56 valence electrons. The van der Waals surface area contributed by atoms with E-state index in [1.807, 2.05) is 0 Å². The molecule has 0 fully saturated rings. The van der Waals surface area contributed by atoms with Crippen LogP contribution in [0.1, 0.15) is 5.69 Å². The smallest absolute Gasteiger partial charge is 0.314 e. The Bertz CT molecular complexity index is 324. The number of nitrogens with zero attached hydrogens (tertiary/aromatic N) is 1. The van der Waals surface area contributed by atoms with Gasteiger partial charge in [-0.05, 0) is 6.92 Å². The van der Waals surface area contributed by atoms with E-state index in [1.165, 1.54) is 6.26 Å². The van der Waals surface area contributed by atoms with Crippen molar-refractivity contribution in [1.29, 1.82) is 0 Å². The van der Waals surface area contributed by atoms with Gasteiger partial charge in [-0.1, -0.05) is 0 Å². The summed E-state index contributed by atoms with van der Waals surface area (Å²) in [5, 5.41) is -0.218. The topological polar surface area (TPSA) is 60.2 Å². The fourth-order valence-electron chi connectivity index (χ4n) is 0.503. The molecule has 1 heterocycles. The van der Waals surface area contributed by atoms with Gasteiger partial charge in [0.15, 0.2) is 0 Å². The van der Waals surface area contributed by atoms with Crippen LogP contribution < -0.4 is 0 Å². The largest absolute Gasteiger partial charge is 0.436 e. The van der Waals surface area contributed by atoms with Crippen molar-refractivity contribution in [3.63, 3.8) is 0 Å². The summed E-state index contributed by atoms with van der Waals surface area (Å²) in [6.45, 7) is 1.66. The summed E-state index contributed by atoms with van der Waals surface area (Å²) in [5.74, 6) is 0. The summed E-state index contributed by atoms with van der Waals surface area (Å²) in [6, 6.07) is 0. The Morgan fingerprint density at radius 3 is 2.40 bits per heavy atom. The Labute approximate surface area is 58.8 Å². The highest BCUT2D eigenvalue weighted by Crippen LogP contribution is 2.06. The number of sulfone groups is 1. The molecular weight excluding hydrogens is 154 g/mol. The fraction of sp³-hybridized carbons (Fsp3) is 0.400. The lowest BCUT2D eigenvalue weighted by atomic mass is 10.6. The third kappa shape index (κ3) is 1.36. The SMILES string of the molecule is Cc1coc(S(C)(=O)=O)n1. The maximum Gasteiger partial charge on any atom is 0.314 e. The van der Waals surface area contributed by atoms with Gasteiger partial charge in [-0.25, -0.2) is 13.4 Å². The van der Waals surface area contributed by atoms with Crippen LogP contribution in [0.2, 0.25) is 0 Å². The van der Waals surface area contributed by atoms with Crippen molar-refractivity contribution in [1.82, 2.24) is 4.98 Å². The zero-order chi connectivity index (χ0) is 7.78. The highest BCUT2D eigenvalue weighted by molar-refractivity contribution is 7.90. The van der Waals surface area contributed by atoms with E-state index in [4.69, 9.17) is 0 Å². The van der Waals surface area contributed by atoms with E-state index in [9.17, 15) is 8.42 Å². The summed E-state index contributed by atoms with van der Waals surface area (Å²) < 4.78 is 26.0. The molecule has 10 heavy (non-hydrogen) atoms. The van der Waals surface area contributed by atoms with E-state index in [1.54, 1.807) is 6.92 Å². The van der Waals surface area contributed by atoms with Gasteiger partial charge in [0.1, 0.15) is 6.26 Å². The van der Waals surface area contributed by atoms with Crippen LogP contribution >= 0.6 is 0 Å². The predicted molar refractivity (Wildman–Crippen MR) is 34.3 cm³/mol. The maximum atomic E-state index is 10.7. The van der Waals surface area contributed by atoms with Crippen LogP contribution in [0.4, 0.5) is 0 Å². The molecule has 0 atom stereocenters. The van der Waals surface area contributed by atoms with Crippen molar-refractivity contribution in [3.05, 3.63) is 12.0 Å². The summed E-state index contributed by atoms with van der Waals surface area (Å²) in [7, 11) is -3.26. The van der Waals surface area contributed by atoms with Crippen molar-refractivity contribution in [2.24, 2.45) is 0 Å². The van der Waals surface area contributed by atoms with E-state index in [-0.39, 0.29) is 5.22 Å². The number of aromatic nitrogens is 1. The lowest BCUT2D eigenvalue weighted by Crippen LogP contribution is -1.96. The monoisotopic (exact) mass is 161 g/mol. The molecule has 0 saturated heterocycles. The number of hydrogen-bond donors (Lipinski definition) is 0. The van der Waals surface area contributed by atoms with Gasteiger partial charge in [-0.15, -0.1) is 0 Å². The van der Waals surface area contributed by atoms with Crippen molar-refractivity contribution < 1.29 is 12.8 Å². The minimum Gasteiger partial charge on any atom is -0.436 e. The van der Waals surface area contributed by atoms with E-state index in [0.29, 0.717) is 5.69 Å². The highest BCUT2D eigenvalue weighted by Gasteiger charge is 2.12. The molecule has 0 radical (unpaired) electrons. The summed E-state index contributed by atoms with van der Waals surface area (Å²) >= 11 is 0. The Morgan fingerprint density at radius 1 is 1.60 bits per heavy atom. The van der Waals surface area contributed by atoms with Crippen LogP contribution in [0.3, 0.4) is 0 Å². The molecule has 0 aliphatic rings. The summed E-state index contributed by atoms with van der Waals surface area (Å²) in [6.07, 6.45) is 2.36. The molecule has 1 rings (SSSR count). The molecule has 0 N–H and O–H groups in total. The second-order valence-corrected chi connectivity index (χ2v) is 3.92. The molecule has 1 aromatic heterocycles. The molecule has 0 aliphatic heterocycles. The highest BCUT2D eigenvalue weighted by atomic mass is 32.2. The summed E-state index contributed by atoms with van der Waals surface area (Å²) in [4.78, 5) is 3.63. The number of aryl methyl sites for hydroxylation is 1. The van der Waals surface area contributed by atoms with E-state index in [0.717, 1.165) is 6.26 Å². The van der Waals surface area contributed by atoms with Gasteiger partial charge in [0, 0.05) is 6.26 Å². The number of rotatable bonds is 1. The maximum absolute atomic E-state index is 10.7. The van der Waals surface area contributed by atoms with Crippen molar-refractivity contribution in [3.8, 4) is 0 Å². The van der Waals surface area contributed by atoms with Crippen LogP contribution in [0.25, 0.3) is 0 Å². The first-order valence-electron chi connectivity index (χ1n) is 2.62. The first-order valence-corrected chi connectivity index (χ1v) is 4.51. The van der Waals surface area contributed by atoms with Gasteiger partial charge in [0.05, 0.1) is 5.69 Å². The molecule has 5 heteroatoms. The summed E-state index contributed by atoms with van der Waals surface area (Å²) in [5.41, 5.74) is 0.570. The van der Waals surface area contributed by atoms with Gasteiger partial charge in [-0.2, -0.15) is 0 Å².